The van der Waals surface area contributed by atoms with Gasteiger partial charge in [0.1, 0.15) is 28.8 Å². The molecule has 0 heterocycles. The second kappa shape index (κ2) is 12.2. The van der Waals surface area contributed by atoms with Crippen LogP contribution in [0.3, 0.4) is 0 Å². The molecule has 3 N–H and O–H groups in total. The van der Waals surface area contributed by atoms with E-state index in [2.05, 4.69) is 16.6 Å². The van der Waals surface area contributed by atoms with Crippen molar-refractivity contribution < 1.29 is 44.3 Å². The monoisotopic (exact) mass is 574 g/mol. The predicted molar refractivity (Wildman–Crippen MR) is 130 cm³/mol. The molecule has 2 aromatic rings. The summed E-state index contributed by atoms with van der Waals surface area (Å²) < 4.78 is 97.9. The molecule has 0 spiro atoms. The van der Waals surface area contributed by atoms with E-state index < -0.39 is 55.1 Å². The third kappa shape index (κ3) is 8.45. The van der Waals surface area contributed by atoms with E-state index in [0.29, 0.717) is 5.56 Å². The van der Waals surface area contributed by atoms with E-state index in [1.54, 1.807) is 4.72 Å². The van der Waals surface area contributed by atoms with Crippen molar-refractivity contribution in [1.82, 2.24) is 4.72 Å². The van der Waals surface area contributed by atoms with E-state index in [4.69, 9.17) is 9.88 Å². The number of sulfonamides is 2. The zero-order chi connectivity index (χ0) is 28.0. The van der Waals surface area contributed by atoms with Gasteiger partial charge in [0.05, 0.1) is 12.2 Å². The molecule has 3 rings (SSSR count). The first-order valence-corrected chi connectivity index (χ1v) is 14.4. The highest BCUT2D eigenvalue weighted by Crippen LogP contribution is 2.26. The molecule has 14 heteroatoms. The van der Waals surface area contributed by atoms with Gasteiger partial charge in [-0.25, -0.2) is 26.7 Å². The molecule has 1 saturated carbocycles. The van der Waals surface area contributed by atoms with Gasteiger partial charge in [0, 0.05) is 11.5 Å². The minimum atomic E-state index is -4.66. The molecule has 0 radical (unpaired) electrons. The van der Waals surface area contributed by atoms with Gasteiger partial charge >= 0.3 is 6.18 Å². The molecule has 206 valence electrons. The third-order valence-electron chi connectivity index (χ3n) is 5.43. The van der Waals surface area contributed by atoms with Crippen molar-refractivity contribution in [2.75, 3.05) is 19.8 Å². The number of alkyl halides is 3. The highest BCUT2D eigenvalue weighted by atomic mass is 32.2. The maximum absolute atomic E-state index is 12.8. The average molecular weight is 575 g/mol. The van der Waals surface area contributed by atoms with Crippen LogP contribution >= 0.6 is 0 Å². The molecule has 1 aliphatic rings. The third-order valence-corrected chi connectivity index (χ3v) is 7.92. The number of rotatable bonds is 9. The number of hydrogen-bond donors (Lipinski definition) is 2. The van der Waals surface area contributed by atoms with Crippen LogP contribution in [0.25, 0.3) is 0 Å². The van der Waals surface area contributed by atoms with Crippen molar-refractivity contribution >= 4 is 26.0 Å². The van der Waals surface area contributed by atoms with E-state index in [0.717, 1.165) is 37.8 Å². The Bertz CT molecular complexity index is 1440. The molecule has 0 aromatic heterocycles. The van der Waals surface area contributed by atoms with Crippen LogP contribution in [-0.2, 0) is 24.8 Å². The van der Waals surface area contributed by atoms with Crippen LogP contribution < -0.4 is 14.6 Å². The molecule has 0 aliphatic heterocycles. The fraction of sp³-hybridized carbons (Fsp3) is 0.375. The van der Waals surface area contributed by atoms with E-state index in [1.165, 1.54) is 30.3 Å². The first kappa shape index (κ1) is 29.4. The van der Waals surface area contributed by atoms with Crippen molar-refractivity contribution in [2.45, 2.75) is 41.7 Å². The number of amides is 1. The fourth-order valence-electron chi connectivity index (χ4n) is 3.68. The van der Waals surface area contributed by atoms with Gasteiger partial charge in [-0.1, -0.05) is 36.8 Å². The quantitative estimate of drug-likeness (QED) is 0.346. The summed E-state index contributed by atoms with van der Waals surface area (Å²) in [4.78, 5) is 11.4. The summed E-state index contributed by atoms with van der Waals surface area (Å²) >= 11 is 0. The number of benzene rings is 2. The Morgan fingerprint density at radius 2 is 1.68 bits per heavy atom. The topological polar surface area (TPSA) is 142 Å². The molecule has 2 aromatic carbocycles. The Labute approximate surface area is 218 Å². The molecule has 0 bridgehead atoms. The van der Waals surface area contributed by atoms with Gasteiger partial charge in [0.15, 0.2) is 0 Å². The number of carbonyl (C=O) groups is 1. The van der Waals surface area contributed by atoms with Crippen molar-refractivity contribution in [3.63, 3.8) is 0 Å². The standard InChI is InChI=1S/C24H25F3N2O7S2/c25-24(26,27)16-35-13-14-36-20-15-19(12-11-18(20)10-9-17-5-1-2-6-17)23(30)29-38(33,34)22-8-4-3-7-21(22)37(28,31)32/h3-4,7-8,11-12,15,17H,1-2,5-6,13-14,16H2,(H,29,30)(H2,28,31,32). The molecule has 0 atom stereocenters. The molecule has 1 amide bonds. The highest BCUT2D eigenvalue weighted by Gasteiger charge is 2.28. The number of ether oxygens (including phenoxy) is 2. The Morgan fingerprint density at radius 1 is 1.03 bits per heavy atom. The summed E-state index contributed by atoms with van der Waals surface area (Å²) in [5.74, 6) is 5.19. The average Bonchev–Trinajstić information content (AvgIpc) is 3.35. The number of halogens is 3. The zero-order valence-corrected chi connectivity index (χ0v) is 21.6. The predicted octanol–water partition coefficient (Wildman–Crippen LogP) is 2.95. The van der Waals surface area contributed by atoms with Crippen LogP contribution in [0.4, 0.5) is 13.2 Å². The van der Waals surface area contributed by atoms with Gasteiger partial charge in [-0.05, 0) is 43.2 Å². The van der Waals surface area contributed by atoms with Gasteiger partial charge in [0.25, 0.3) is 15.9 Å². The summed E-state index contributed by atoms with van der Waals surface area (Å²) in [6, 6.07) is 8.41. The van der Waals surface area contributed by atoms with Crippen LogP contribution in [0.2, 0.25) is 0 Å². The lowest BCUT2D eigenvalue weighted by Crippen LogP contribution is -2.32. The van der Waals surface area contributed by atoms with Crippen LogP contribution in [-0.4, -0.2) is 48.7 Å². The Hall–Kier alpha value is -3.12. The molecule has 1 fully saturated rings. The van der Waals surface area contributed by atoms with Gasteiger partial charge in [-0.3, -0.25) is 4.79 Å². The lowest BCUT2D eigenvalue weighted by atomic mass is 10.1. The Kier molecular flexibility index (Phi) is 9.42. The molecule has 1 aliphatic carbocycles. The largest absolute Gasteiger partial charge is 0.490 e. The van der Waals surface area contributed by atoms with Crippen LogP contribution in [0.5, 0.6) is 5.75 Å². The molecular formula is C24H25F3N2O7S2. The summed E-state index contributed by atoms with van der Waals surface area (Å²) in [6.45, 7) is -2.14. The van der Waals surface area contributed by atoms with E-state index >= 15 is 0 Å². The maximum Gasteiger partial charge on any atom is 0.411 e. The normalized spacial score (nSPS) is 14.5. The molecular weight excluding hydrogens is 549 g/mol. The summed E-state index contributed by atoms with van der Waals surface area (Å²) in [5.41, 5.74) is 0.172. The smallest absolute Gasteiger partial charge is 0.411 e. The van der Waals surface area contributed by atoms with Crippen molar-refractivity contribution in [2.24, 2.45) is 11.1 Å². The van der Waals surface area contributed by atoms with Gasteiger partial charge in [-0.2, -0.15) is 13.2 Å². The number of nitrogens with two attached hydrogens (primary N) is 1. The summed E-state index contributed by atoms with van der Waals surface area (Å²) in [7, 11) is -9.07. The molecule has 0 saturated heterocycles. The molecule has 9 nitrogen and oxygen atoms in total. The fourth-order valence-corrected chi connectivity index (χ4v) is 6.03. The first-order valence-electron chi connectivity index (χ1n) is 11.4. The maximum atomic E-state index is 12.8. The molecule has 38 heavy (non-hydrogen) atoms. The number of hydrogen-bond acceptors (Lipinski definition) is 7. The van der Waals surface area contributed by atoms with Gasteiger partial charge in [0.2, 0.25) is 10.0 Å². The lowest BCUT2D eigenvalue weighted by Gasteiger charge is -2.13. The van der Waals surface area contributed by atoms with Crippen molar-refractivity contribution in [1.29, 1.82) is 0 Å². The Morgan fingerprint density at radius 3 is 2.32 bits per heavy atom. The number of nitrogens with one attached hydrogen (secondary N) is 1. The van der Waals surface area contributed by atoms with Crippen LogP contribution in [0.15, 0.2) is 52.3 Å². The van der Waals surface area contributed by atoms with Crippen LogP contribution in [0, 0.1) is 17.8 Å². The molecule has 0 unspecified atom stereocenters. The highest BCUT2D eigenvalue weighted by molar-refractivity contribution is 7.92. The van der Waals surface area contributed by atoms with Crippen molar-refractivity contribution in [3.05, 3.63) is 53.6 Å². The minimum absolute atomic E-state index is 0.0427. The first-order chi connectivity index (χ1) is 17.8. The second-order valence-electron chi connectivity index (χ2n) is 8.40. The lowest BCUT2D eigenvalue weighted by molar-refractivity contribution is -0.175. The summed E-state index contributed by atoms with van der Waals surface area (Å²) in [5, 5.41) is 5.09. The van der Waals surface area contributed by atoms with E-state index in [1.807, 2.05) is 0 Å². The minimum Gasteiger partial charge on any atom is -0.490 e. The second-order valence-corrected chi connectivity index (χ2v) is 11.6. The number of carbonyl (C=O) groups excluding carboxylic acids is 1. The van der Waals surface area contributed by atoms with Gasteiger partial charge in [-0.15, -0.1) is 0 Å². The van der Waals surface area contributed by atoms with Crippen LogP contribution in [0.1, 0.15) is 41.6 Å². The van der Waals surface area contributed by atoms with E-state index in [9.17, 15) is 34.8 Å². The Balaban J connectivity index is 1.83. The zero-order valence-electron chi connectivity index (χ0n) is 20.0. The van der Waals surface area contributed by atoms with Crippen molar-refractivity contribution in [3.8, 4) is 17.6 Å². The summed E-state index contributed by atoms with van der Waals surface area (Å²) in [6.07, 6.45) is -0.508. The van der Waals surface area contributed by atoms with E-state index in [-0.39, 0.29) is 23.8 Å². The number of primary sulfonamides is 1. The SMILES string of the molecule is NS(=O)(=O)c1ccccc1S(=O)(=O)NC(=O)c1ccc(C#CC2CCCC2)c(OCCOCC(F)(F)F)c1. The van der Waals surface area contributed by atoms with Gasteiger partial charge < -0.3 is 9.47 Å².